The van der Waals surface area contributed by atoms with E-state index in [4.69, 9.17) is 0 Å². The molecule has 0 spiro atoms. The van der Waals surface area contributed by atoms with E-state index in [0.29, 0.717) is 11.4 Å². The molecule has 0 bridgehead atoms. The van der Waals surface area contributed by atoms with Gasteiger partial charge in [-0.2, -0.15) is 0 Å². The van der Waals surface area contributed by atoms with E-state index in [-0.39, 0.29) is 5.91 Å². The molecule has 0 atom stereocenters. The maximum absolute atomic E-state index is 12.0. The van der Waals surface area contributed by atoms with Crippen molar-refractivity contribution in [2.45, 2.75) is 0 Å². The molecule has 0 radical (unpaired) electrons. The fourth-order valence-corrected chi connectivity index (χ4v) is 1.63. The third-order valence-corrected chi connectivity index (χ3v) is 2.51. The van der Waals surface area contributed by atoms with Crippen molar-refractivity contribution < 1.29 is 4.79 Å². The second-order valence-corrected chi connectivity index (χ2v) is 3.68. The Morgan fingerprint density at radius 1 is 1.22 bits per heavy atom. The third-order valence-electron chi connectivity index (χ3n) is 2.51. The number of benzene rings is 1. The lowest BCUT2D eigenvalue weighted by Crippen LogP contribution is -2.12. The molecule has 6 heteroatoms. The fourth-order valence-electron chi connectivity index (χ4n) is 1.63. The van der Waals surface area contributed by atoms with Crippen molar-refractivity contribution in [1.82, 2.24) is 19.9 Å². The van der Waals surface area contributed by atoms with Gasteiger partial charge in [-0.25, -0.2) is 15.0 Å². The van der Waals surface area contributed by atoms with Crippen LogP contribution in [0.25, 0.3) is 11.0 Å². The van der Waals surface area contributed by atoms with E-state index < -0.39 is 0 Å². The quantitative estimate of drug-likeness (QED) is 0.711. The molecule has 1 amide bonds. The number of anilines is 1. The van der Waals surface area contributed by atoms with Crippen molar-refractivity contribution in [3.8, 4) is 0 Å². The van der Waals surface area contributed by atoms with Crippen LogP contribution in [0.15, 0.2) is 43.1 Å². The summed E-state index contributed by atoms with van der Waals surface area (Å²) in [6.07, 6.45) is 4.55. The maximum atomic E-state index is 12.0. The second-order valence-electron chi connectivity index (χ2n) is 3.68. The first-order valence-corrected chi connectivity index (χ1v) is 5.33. The lowest BCUT2D eigenvalue weighted by atomic mass is 10.2. The molecule has 0 aliphatic rings. The number of carbonyl (C=O) groups excluding carboxylic acids is 1. The number of carbonyl (C=O) groups is 1. The van der Waals surface area contributed by atoms with Crippen molar-refractivity contribution in [3.63, 3.8) is 0 Å². The summed E-state index contributed by atoms with van der Waals surface area (Å²) in [5.41, 5.74) is 2.20. The summed E-state index contributed by atoms with van der Waals surface area (Å²) in [6.45, 7) is 0. The monoisotopic (exact) mass is 239 g/mol. The minimum absolute atomic E-state index is 0.217. The number of rotatable bonds is 2. The number of nitrogens with zero attached hydrogens (tertiary/aromatic N) is 3. The Kier molecular flexibility index (Phi) is 2.45. The highest BCUT2D eigenvalue weighted by Crippen LogP contribution is 2.12. The number of hydrogen-bond donors (Lipinski definition) is 2. The van der Waals surface area contributed by atoms with Crippen LogP contribution in [0.5, 0.6) is 0 Å². The summed E-state index contributed by atoms with van der Waals surface area (Å²) in [5.74, 6) is 0.255. The lowest BCUT2D eigenvalue weighted by molar-refractivity contribution is 0.102. The number of imidazole rings is 1. The molecule has 3 aromatic rings. The maximum Gasteiger partial charge on any atom is 0.256 e. The molecule has 3 rings (SSSR count). The summed E-state index contributed by atoms with van der Waals surface area (Å²) in [5, 5.41) is 2.69. The summed E-state index contributed by atoms with van der Waals surface area (Å²) in [4.78, 5) is 26.7. The molecule has 0 fully saturated rings. The molecule has 2 N–H and O–H groups in total. The SMILES string of the molecule is O=C(Nc1ccncn1)c1ccc2nc[nH]c2c1. The zero-order chi connectivity index (χ0) is 12.4. The Balaban J connectivity index is 1.87. The topological polar surface area (TPSA) is 83.6 Å². The first-order valence-electron chi connectivity index (χ1n) is 5.33. The van der Waals surface area contributed by atoms with Gasteiger partial charge in [0.1, 0.15) is 12.1 Å². The van der Waals surface area contributed by atoms with Crippen LogP contribution >= 0.6 is 0 Å². The van der Waals surface area contributed by atoms with Gasteiger partial charge in [0.2, 0.25) is 0 Å². The van der Waals surface area contributed by atoms with Gasteiger partial charge in [0.15, 0.2) is 0 Å². The highest BCUT2D eigenvalue weighted by molar-refractivity contribution is 6.05. The molecule has 18 heavy (non-hydrogen) atoms. The Labute approximate surface area is 102 Å². The first-order chi connectivity index (χ1) is 8.83. The van der Waals surface area contributed by atoms with Crippen LogP contribution < -0.4 is 5.32 Å². The smallest absolute Gasteiger partial charge is 0.256 e. The molecule has 0 saturated heterocycles. The van der Waals surface area contributed by atoms with Crippen LogP contribution in [-0.4, -0.2) is 25.8 Å². The number of hydrogen-bond acceptors (Lipinski definition) is 4. The standard InChI is InChI=1S/C12H9N5O/c18-12(17-11-3-4-13-6-16-11)8-1-2-9-10(5-8)15-7-14-9/h1-7H,(H,14,15)(H,13,16,17,18). The highest BCUT2D eigenvalue weighted by Gasteiger charge is 2.08. The normalized spacial score (nSPS) is 10.4. The molecule has 0 aliphatic heterocycles. The average molecular weight is 239 g/mol. The number of aromatic amines is 1. The van der Waals surface area contributed by atoms with Crippen LogP contribution in [-0.2, 0) is 0 Å². The zero-order valence-electron chi connectivity index (χ0n) is 9.29. The minimum Gasteiger partial charge on any atom is -0.345 e. The summed E-state index contributed by atoms with van der Waals surface area (Å²) >= 11 is 0. The van der Waals surface area contributed by atoms with E-state index >= 15 is 0 Å². The summed E-state index contributed by atoms with van der Waals surface area (Å²) in [6, 6.07) is 6.89. The van der Waals surface area contributed by atoms with Gasteiger partial charge in [0.25, 0.3) is 5.91 Å². The molecule has 6 nitrogen and oxygen atoms in total. The van der Waals surface area contributed by atoms with Crippen LogP contribution in [0, 0.1) is 0 Å². The third kappa shape index (κ3) is 1.91. The lowest BCUT2D eigenvalue weighted by Gasteiger charge is -2.03. The van der Waals surface area contributed by atoms with Gasteiger partial charge in [-0.15, -0.1) is 0 Å². The molecule has 88 valence electrons. The van der Waals surface area contributed by atoms with Gasteiger partial charge in [0, 0.05) is 11.8 Å². The van der Waals surface area contributed by atoms with Gasteiger partial charge in [-0.05, 0) is 24.3 Å². The number of aromatic nitrogens is 4. The van der Waals surface area contributed by atoms with Crippen LogP contribution in [0.2, 0.25) is 0 Å². The molecule has 1 aromatic carbocycles. The number of H-pyrrole nitrogens is 1. The fraction of sp³-hybridized carbons (Fsp3) is 0. The Hall–Kier alpha value is -2.76. The van der Waals surface area contributed by atoms with E-state index in [1.165, 1.54) is 6.33 Å². The molecule has 0 unspecified atom stereocenters. The van der Waals surface area contributed by atoms with E-state index in [1.807, 2.05) is 0 Å². The van der Waals surface area contributed by atoms with Crippen molar-refractivity contribution in [2.75, 3.05) is 5.32 Å². The van der Waals surface area contributed by atoms with Gasteiger partial charge >= 0.3 is 0 Å². The second kappa shape index (κ2) is 4.25. The van der Waals surface area contributed by atoms with Crippen molar-refractivity contribution in [3.05, 3.63) is 48.7 Å². The molecule has 2 aromatic heterocycles. The molecular weight excluding hydrogens is 230 g/mol. The van der Waals surface area contributed by atoms with Crippen LogP contribution in [0.4, 0.5) is 5.82 Å². The van der Waals surface area contributed by atoms with Gasteiger partial charge in [-0.3, -0.25) is 4.79 Å². The Morgan fingerprint density at radius 2 is 2.17 bits per heavy atom. The summed E-state index contributed by atoms with van der Waals surface area (Å²) in [7, 11) is 0. The Bertz CT molecular complexity index is 692. The van der Waals surface area contributed by atoms with Crippen molar-refractivity contribution in [2.24, 2.45) is 0 Å². The number of nitrogens with one attached hydrogen (secondary N) is 2. The number of amides is 1. The Morgan fingerprint density at radius 3 is 3.00 bits per heavy atom. The van der Waals surface area contributed by atoms with E-state index in [9.17, 15) is 4.79 Å². The predicted octanol–water partition coefficient (Wildman–Crippen LogP) is 1.61. The van der Waals surface area contributed by atoms with Crippen LogP contribution in [0.3, 0.4) is 0 Å². The minimum atomic E-state index is -0.217. The van der Waals surface area contributed by atoms with E-state index in [0.717, 1.165) is 11.0 Å². The van der Waals surface area contributed by atoms with E-state index in [2.05, 4.69) is 25.3 Å². The van der Waals surface area contributed by atoms with E-state index in [1.54, 1.807) is 36.8 Å². The van der Waals surface area contributed by atoms with Gasteiger partial charge < -0.3 is 10.3 Å². The van der Waals surface area contributed by atoms with Crippen LogP contribution in [0.1, 0.15) is 10.4 Å². The average Bonchev–Trinajstić information content (AvgIpc) is 2.87. The molecule has 0 saturated carbocycles. The molecule has 0 aliphatic carbocycles. The van der Waals surface area contributed by atoms with Crippen molar-refractivity contribution >= 4 is 22.8 Å². The zero-order valence-corrected chi connectivity index (χ0v) is 9.29. The number of fused-ring (bicyclic) bond motifs is 1. The van der Waals surface area contributed by atoms with Gasteiger partial charge in [-0.1, -0.05) is 0 Å². The molecular formula is C12H9N5O. The summed E-state index contributed by atoms with van der Waals surface area (Å²) < 4.78 is 0. The molecule has 2 heterocycles. The predicted molar refractivity (Wildman–Crippen MR) is 66.1 cm³/mol. The largest absolute Gasteiger partial charge is 0.345 e. The highest BCUT2D eigenvalue weighted by atomic mass is 16.1. The first kappa shape index (κ1) is 10.4. The van der Waals surface area contributed by atoms with Gasteiger partial charge in [0.05, 0.1) is 17.4 Å². The van der Waals surface area contributed by atoms with Crippen molar-refractivity contribution in [1.29, 1.82) is 0 Å².